The molecule has 1 saturated heterocycles. The van der Waals surface area contributed by atoms with Gasteiger partial charge in [0.1, 0.15) is 6.54 Å². The summed E-state index contributed by atoms with van der Waals surface area (Å²) in [5.41, 5.74) is 0.913. The predicted molar refractivity (Wildman–Crippen MR) is 85.7 cm³/mol. The van der Waals surface area contributed by atoms with Gasteiger partial charge in [-0.1, -0.05) is 18.2 Å². The molecule has 1 aliphatic rings. The summed E-state index contributed by atoms with van der Waals surface area (Å²) in [7, 11) is 0. The van der Waals surface area contributed by atoms with Crippen LogP contribution in [0.15, 0.2) is 48.5 Å². The van der Waals surface area contributed by atoms with E-state index in [1.807, 2.05) is 6.07 Å². The van der Waals surface area contributed by atoms with Gasteiger partial charge in [0.2, 0.25) is 5.91 Å². The van der Waals surface area contributed by atoms with Crippen molar-refractivity contribution in [3.63, 3.8) is 0 Å². The number of hydrogen-bond acceptors (Lipinski definition) is 2. The molecule has 2 aromatic rings. The average Bonchev–Trinajstić information content (AvgIpc) is 2.92. The SMILES string of the molecule is O=C(CN1CCN(c2ccc(F)c(F)c2)C1=O)Nc1ccccc1. The predicted octanol–water partition coefficient (Wildman–Crippen LogP) is 2.85. The minimum atomic E-state index is -1.01. The molecule has 3 rings (SSSR count). The van der Waals surface area contributed by atoms with E-state index >= 15 is 0 Å². The Morgan fingerprint density at radius 1 is 1.04 bits per heavy atom. The fourth-order valence-corrected chi connectivity index (χ4v) is 2.52. The van der Waals surface area contributed by atoms with Gasteiger partial charge in [0.05, 0.1) is 0 Å². The van der Waals surface area contributed by atoms with Crippen LogP contribution in [0.25, 0.3) is 0 Å². The van der Waals surface area contributed by atoms with E-state index in [0.717, 1.165) is 12.1 Å². The van der Waals surface area contributed by atoms with Crippen LogP contribution in [0.5, 0.6) is 0 Å². The molecule has 0 radical (unpaired) electrons. The van der Waals surface area contributed by atoms with Crippen LogP contribution in [-0.2, 0) is 4.79 Å². The van der Waals surface area contributed by atoms with Crippen molar-refractivity contribution in [2.75, 3.05) is 29.9 Å². The second-order valence-corrected chi connectivity index (χ2v) is 5.37. The number of urea groups is 1. The topological polar surface area (TPSA) is 52.7 Å². The van der Waals surface area contributed by atoms with Gasteiger partial charge in [0.25, 0.3) is 0 Å². The van der Waals surface area contributed by atoms with Crippen molar-refractivity contribution < 1.29 is 18.4 Å². The van der Waals surface area contributed by atoms with Crippen molar-refractivity contribution in [3.05, 3.63) is 60.2 Å². The minimum Gasteiger partial charge on any atom is -0.325 e. The number of nitrogens with one attached hydrogen (secondary N) is 1. The minimum absolute atomic E-state index is 0.103. The first-order valence-corrected chi connectivity index (χ1v) is 7.41. The molecule has 1 fully saturated rings. The van der Waals surface area contributed by atoms with Gasteiger partial charge in [-0.05, 0) is 24.3 Å². The van der Waals surface area contributed by atoms with Crippen molar-refractivity contribution in [1.29, 1.82) is 0 Å². The maximum atomic E-state index is 13.3. The molecule has 0 saturated carbocycles. The zero-order valence-electron chi connectivity index (χ0n) is 12.7. The highest BCUT2D eigenvalue weighted by molar-refractivity contribution is 5.99. The summed E-state index contributed by atoms with van der Waals surface area (Å²) in [6.45, 7) is 0.538. The van der Waals surface area contributed by atoms with E-state index in [0.29, 0.717) is 18.8 Å². The third-order valence-electron chi connectivity index (χ3n) is 3.70. The Kier molecular flexibility index (Phi) is 4.41. The van der Waals surface area contributed by atoms with Crippen molar-refractivity contribution in [2.24, 2.45) is 0 Å². The van der Waals surface area contributed by atoms with Gasteiger partial charge >= 0.3 is 6.03 Å². The van der Waals surface area contributed by atoms with E-state index in [9.17, 15) is 18.4 Å². The van der Waals surface area contributed by atoms with Crippen molar-refractivity contribution in [2.45, 2.75) is 0 Å². The van der Waals surface area contributed by atoms with E-state index in [4.69, 9.17) is 0 Å². The lowest BCUT2D eigenvalue weighted by atomic mass is 10.3. The molecule has 1 N–H and O–H groups in total. The Balaban J connectivity index is 1.63. The summed E-state index contributed by atoms with van der Waals surface area (Å²) in [5.74, 6) is -2.30. The fourth-order valence-electron chi connectivity index (χ4n) is 2.52. The molecule has 24 heavy (non-hydrogen) atoms. The van der Waals surface area contributed by atoms with Crippen LogP contribution in [0.1, 0.15) is 0 Å². The third kappa shape index (κ3) is 3.34. The molecule has 0 aromatic heterocycles. The average molecular weight is 331 g/mol. The normalized spacial score (nSPS) is 14.2. The fraction of sp³-hybridized carbons (Fsp3) is 0.176. The number of carbonyl (C=O) groups excluding carboxylic acids is 2. The molecule has 0 aliphatic carbocycles. The summed E-state index contributed by atoms with van der Waals surface area (Å²) >= 11 is 0. The first kappa shape index (κ1) is 15.9. The lowest BCUT2D eigenvalue weighted by Gasteiger charge is -2.18. The van der Waals surface area contributed by atoms with Gasteiger partial charge in [-0.2, -0.15) is 0 Å². The van der Waals surface area contributed by atoms with Crippen LogP contribution >= 0.6 is 0 Å². The van der Waals surface area contributed by atoms with Crippen LogP contribution in [0, 0.1) is 11.6 Å². The summed E-state index contributed by atoms with van der Waals surface area (Å²) in [6.07, 6.45) is 0. The Labute approximate surface area is 137 Å². The molecule has 124 valence electrons. The number of para-hydroxylation sites is 1. The van der Waals surface area contributed by atoms with E-state index in [1.54, 1.807) is 24.3 Å². The van der Waals surface area contributed by atoms with Gasteiger partial charge in [-0.3, -0.25) is 9.69 Å². The van der Waals surface area contributed by atoms with Gasteiger partial charge in [-0.15, -0.1) is 0 Å². The molecular formula is C17H15F2N3O2. The number of nitrogens with zero attached hydrogens (tertiary/aromatic N) is 2. The van der Waals surface area contributed by atoms with Crippen LogP contribution < -0.4 is 10.2 Å². The Morgan fingerprint density at radius 3 is 2.50 bits per heavy atom. The van der Waals surface area contributed by atoms with Crippen LogP contribution in [0.4, 0.5) is 25.0 Å². The highest BCUT2D eigenvalue weighted by Gasteiger charge is 2.31. The molecule has 0 bridgehead atoms. The number of amides is 3. The summed E-state index contributed by atoms with van der Waals surface area (Å²) < 4.78 is 26.3. The maximum Gasteiger partial charge on any atom is 0.325 e. The highest BCUT2D eigenvalue weighted by Crippen LogP contribution is 2.22. The Bertz CT molecular complexity index is 768. The van der Waals surface area contributed by atoms with Gasteiger partial charge in [-0.25, -0.2) is 13.6 Å². The molecule has 2 aromatic carbocycles. The van der Waals surface area contributed by atoms with E-state index in [-0.39, 0.29) is 18.1 Å². The smallest absolute Gasteiger partial charge is 0.325 e. The lowest BCUT2D eigenvalue weighted by molar-refractivity contribution is -0.116. The monoisotopic (exact) mass is 331 g/mol. The van der Waals surface area contributed by atoms with Gasteiger partial charge < -0.3 is 10.2 Å². The van der Waals surface area contributed by atoms with E-state index in [2.05, 4.69) is 5.32 Å². The van der Waals surface area contributed by atoms with Crippen LogP contribution in [0.2, 0.25) is 0 Å². The van der Waals surface area contributed by atoms with Crippen molar-refractivity contribution in [1.82, 2.24) is 4.90 Å². The van der Waals surface area contributed by atoms with E-state index < -0.39 is 17.7 Å². The molecule has 0 atom stereocenters. The second-order valence-electron chi connectivity index (χ2n) is 5.37. The van der Waals surface area contributed by atoms with Crippen LogP contribution in [0.3, 0.4) is 0 Å². The quantitative estimate of drug-likeness (QED) is 0.937. The van der Waals surface area contributed by atoms with Crippen molar-refractivity contribution >= 4 is 23.3 Å². The second kappa shape index (κ2) is 6.66. The largest absolute Gasteiger partial charge is 0.325 e. The van der Waals surface area contributed by atoms with Gasteiger partial charge in [0.15, 0.2) is 11.6 Å². The number of carbonyl (C=O) groups is 2. The molecule has 0 unspecified atom stereocenters. The Hall–Kier alpha value is -2.96. The highest BCUT2D eigenvalue weighted by atomic mass is 19.2. The number of hydrogen-bond donors (Lipinski definition) is 1. The summed E-state index contributed by atoms with van der Waals surface area (Å²) in [5, 5.41) is 2.70. The zero-order chi connectivity index (χ0) is 17.1. The first-order chi connectivity index (χ1) is 11.5. The van der Waals surface area contributed by atoms with Gasteiger partial charge in [0, 0.05) is 30.5 Å². The Morgan fingerprint density at radius 2 is 1.79 bits per heavy atom. The van der Waals surface area contributed by atoms with E-state index in [1.165, 1.54) is 15.9 Å². The lowest BCUT2D eigenvalue weighted by Crippen LogP contribution is -2.37. The molecule has 5 nitrogen and oxygen atoms in total. The first-order valence-electron chi connectivity index (χ1n) is 7.41. The summed E-state index contributed by atoms with van der Waals surface area (Å²) in [4.78, 5) is 27.0. The van der Waals surface area contributed by atoms with Crippen molar-refractivity contribution in [3.8, 4) is 0 Å². The standard InChI is InChI=1S/C17H15F2N3O2/c18-14-7-6-13(10-15(14)19)22-9-8-21(17(22)24)11-16(23)20-12-4-2-1-3-5-12/h1-7,10H,8-9,11H2,(H,20,23). The number of benzene rings is 2. The number of halogens is 2. The summed E-state index contributed by atoms with van der Waals surface area (Å²) in [6, 6.07) is 11.8. The van der Waals surface area contributed by atoms with Crippen LogP contribution in [-0.4, -0.2) is 36.5 Å². The maximum absolute atomic E-state index is 13.3. The molecule has 7 heteroatoms. The number of anilines is 2. The molecule has 0 spiro atoms. The molecular weight excluding hydrogens is 316 g/mol. The molecule has 3 amide bonds. The number of rotatable bonds is 4. The molecule has 1 aliphatic heterocycles. The third-order valence-corrected chi connectivity index (χ3v) is 3.70. The zero-order valence-corrected chi connectivity index (χ0v) is 12.7. The molecule has 1 heterocycles.